The van der Waals surface area contributed by atoms with Gasteiger partial charge >= 0.3 is 5.97 Å². The maximum absolute atomic E-state index is 11.5. The number of carboxylic acids is 1. The van der Waals surface area contributed by atoms with E-state index in [9.17, 15) is 9.90 Å². The fourth-order valence-electron chi connectivity index (χ4n) is 1.94. The van der Waals surface area contributed by atoms with Crippen molar-refractivity contribution in [3.63, 3.8) is 0 Å². The Bertz CT molecular complexity index is 547. The molecule has 8 heteroatoms. The van der Waals surface area contributed by atoms with Crippen molar-refractivity contribution >= 4 is 17.3 Å². The van der Waals surface area contributed by atoms with E-state index in [2.05, 4.69) is 20.5 Å². The summed E-state index contributed by atoms with van der Waals surface area (Å²) in [7, 11) is 0. The fourth-order valence-corrected chi connectivity index (χ4v) is 2.55. The third-order valence-corrected chi connectivity index (χ3v) is 4.21. The first-order valence-electron chi connectivity index (χ1n) is 6.01. The van der Waals surface area contributed by atoms with Gasteiger partial charge < -0.3 is 5.11 Å². The molecule has 0 saturated heterocycles. The number of carboxylic acid groups (broad SMARTS) is 1. The lowest BCUT2D eigenvalue weighted by atomic mass is 9.82. The third-order valence-electron chi connectivity index (χ3n) is 3.44. The molecule has 19 heavy (non-hydrogen) atoms. The number of rotatable bonds is 6. The molecule has 0 saturated carbocycles. The van der Waals surface area contributed by atoms with Crippen LogP contribution in [0.4, 0.5) is 0 Å². The first kappa shape index (κ1) is 13.6. The van der Waals surface area contributed by atoms with Crippen molar-refractivity contribution in [1.29, 1.82) is 0 Å². The Kier molecular flexibility index (Phi) is 3.89. The van der Waals surface area contributed by atoms with Gasteiger partial charge in [-0.3, -0.25) is 9.78 Å². The van der Waals surface area contributed by atoms with Crippen LogP contribution in [0.15, 0.2) is 11.7 Å². The van der Waals surface area contributed by atoms with Gasteiger partial charge in [-0.15, -0.1) is 16.4 Å². The SMILES string of the molecule is CCC(CC)(Cn1nnnc1-c1cncs1)C(=O)O. The smallest absolute Gasteiger partial charge is 0.311 e. The molecule has 102 valence electrons. The lowest BCUT2D eigenvalue weighted by Crippen LogP contribution is -2.35. The predicted molar refractivity (Wildman–Crippen MR) is 69.6 cm³/mol. The largest absolute Gasteiger partial charge is 0.481 e. The van der Waals surface area contributed by atoms with Crippen molar-refractivity contribution in [2.24, 2.45) is 5.41 Å². The van der Waals surface area contributed by atoms with E-state index in [-0.39, 0.29) is 6.54 Å². The number of aromatic nitrogens is 5. The molecule has 2 heterocycles. The molecule has 2 aromatic heterocycles. The molecule has 0 aliphatic carbocycles. The zero-order valence-electron chi connectivity index (χ0n) is 10.8. The molecule has 0 atom stereocenters. The van der Waals surface area contributed by atoms with Crippen molar-refractivity contribution in [2.75, 3.05) is 0 Å². The highest BCUT2D eigenvalue weighted by Gasteiger charge is 2.36. The Hall–Kier alpha value is -1.83. The molecule has 0 unspecified atom stereocenters. The van der Waals surface area contributed by atoms with Crippen LogP contribution in [0.1, 0.15) is 26.7 Å². The normalized spacial score (nSPS) is 11.7. The van der Waals surface area contributed by atoms with Crippen LogP contribution < -0.4 is 0 Å². The summed E-state index contributed by atoms with van der Waals surface area (Å²) >= 11 is 1.42. The molecule has 0 aliphatic heterocycles. The number of tetrazole rings is 1. The van der Waals surface area contributed by atoms with Gasteiger partial charge in [-0.05, 0) is 23.3 Å². The molecular weight excluding hydrogens is 266 g/mol. The third kappa shape index (κ3) is 2.48. The van der Waals surface area contributed by atoms with Gasteiger partial charge in [0.25, 0.3) is 0 Å². The van der Waals surface area contributed by atoms with E-state index >= 15 is 0 Å². The summed E-state index contributed by atoms with van der Waals surface area (Å²) in [5.41, 5.74) is 0.854. The average molecular weight is 281 g/mol. The van der Waals surface area contributed by atoms with Gasteiger partial charge in [-0.1, -0.05) is 13.8 Å². The lowest BCUT2D eigenvalue weighted by Gasteiger charge is -2.26. The van der Waals surface area contributed by atoms with Crippen molar-refractivity contribution < 1.29 is 9.90 Å². The molecule has 0 radical (unpaired) electrons. The molecule has 0 aromatic carbocycles. The molecule has 0 spiro atoms. The van der Waals surface area contributed by atoms with Gasteiger partial charge in [0.2, 0.25) is 0 Å². The van der Waals surface area contributed by atoms with Gasteiger partial charge in [-0.25, -0.2) is 4.68 Å². The van der Waals surface area contributed by atoms with E-state index < -0.39 is 11.4 Å². The molecule has 2 aromatic rings. The Morgan fingerprint density at radius 2 is 2.21 bits per heavy atom. The second kappa shape index (κ2) is 5.43. The number of hydrogen-bond donors (Lipinski definition) is 1. The summed E-state index contributed by atoms with van der Waals surface area (Å²) in [6.07, 6.45) is 2.73. The monoisotopic (exact) mass is 281 g/mol. The van der Waals surface area contributed by atoms with Crippen LogP contribution in [0.3, 0.4) is 0 Å². The Balaban J connectivity index is 2.34. The lowest BCUT2D eigenvalue weighted by molar-refractivity contribution is -0.150. The van der Waals surface area contributed by atoms with Gasteiger partial charge in [0.15, 0.2) is 5.82 Å². The highest BCUT2D eigenvalue weighted by atomic mass is 32.1. The van der Waals surface area contributed by atoms with Crippen LogP contribution in [0, 0.1) is 5.41 Å². The van der Waals surface area contributed by atoms with Crippen LogP contribution in [0.2, 0.25) is 0 Å². The van der Waals surface area contributed by atoms with Crippen molar-refractivity contribution in [3.8, 4) is 10.7 Å². The summed E-state index contributed by atoms with van der Waals surface area (Å²) in [6, 6.07) is 0. The van der Waals surface area contributed by atoms with E-state index in [0.29, 0.717) is 18.7 Å². The minimum Gasteiger partial charge on any atom is -0.481 e. The average Bonchev–Trinajstić information content (AvgIpc) is 3.06. The molecule has 1 N–H and O–H groups in total. The molecule has 0 bridgehead atoms. The van der Waals surface area contributed by atoms with Gasteiger partial charge in [0, 0.05) is 6.20 Å². The van der Waals surface area contributed by atoms with Crippen LogP contribution >= 0.6 is 11.3 Å². The molecule has 0 amide bonds. The molecule has 0 aliphatic rings. The zero-order valence-corrected chi connectivity index (χ0v) is 11.6. The van der Waals surface area contributed by atoms with Gasteiger partial charge in [-0.2, -0.15) is 0 Å². The maximum Gasteiger partial charge on any atom is 0.311 e. The molecular formula is C11H15N5O2S. The van der Waals surface area contributed by atoms with E-state index in [1.165, 1.54) is 11.3 Å². The molecule has 0 fully saturated rings. The number of thiazole rings is 1. The summed E-state index contributed by atoms with van der Waals surface area (Å²) in [5.74, 6) is -0.252. The topological polar surface area (TPSA) is 93.8 Å². The number of aliphatic carboxylic acids is 1. The fraction of sp³-hybridized carbons (Fsp3) is 0.545. The minimum absolute atomic E-state index is 0.259. The van der Waals surface area contributed by atoms with Crippen molar-refractivity contribution in [3.05, 3.63) is 11.7 Å². The van der Waals surface area contributed by atoms with Crippen molar-refractivity contribution in [1.82, 2.24) is 25.2 Å². The first-order valence-corrected chi connectivity index (χ1v) is 6.89. The highest BCUT2D eigenvalue weighted by Crippen LogP contribution is 2.30. The summed E-state index contributed by atoms with van der Waals surface area (Å²) in [4.78, 5) is 16.3. The van der Waals surface area contributed by atoms with Crippen LogP contribution in [0.25, 0.3) is 10.7 Å². The standard InChI is InChI=1S/C11H15N5O2S/c1-3-11(4-2,10(17)18)6-16-9(13-14-15-16)8-5-12-7-19-8/h5,7H,3-4,6H2,1-2H3,(H,17,18). The maximum atomic E-state index is 11.5. The van der Waals surface area contributed by atoms with E-state index in [0.717, 1.165) is 4.88 Å². The first-order chi connectivity index (χ1) is 9.13. The zero-order chi connectivity index (χ0) is 13.9. The summed E-state index contributed by atoms with van der Waals surface area (Å²) in [6.45, 7) is 4.00. The van der Waals surface area contributed by atoms with Gasteiger partial charge in [0.1, 0.15) is 0 Å². The van der Waals surface area contributed by atoms with E-state index in [1.807, 2.05) is 13.8 Å². The minimum atomic E-state index is -0.838. The number of nitrogens with zero attached hydrogens (tertiary/aromatic N) is 5. The van der Waals surface area contributed by atoms with E-state index in [4.69, 9.17) is 0 Å². The van der Waals surface area contributed by atoms with Crippen LogP contribution in [-0.2, 0) is 11.3 Å². The summed E-state index contributed by atoms with van der Waals surface area (Å²) < 4.78 is 1.55. The van der Waals surface area contributed by atoms with E-state index in [1.54, 1.807) is 16.4 Å². The Morgan fingerprint density at radius 1 is 1.47 bits per heavy atom. The number of carbonyl (C=O) groups is 1. The molecule has 2 rings (SSSR count). The second-order valence-electron chi connectivity index (χ2n) is 4.32. The Labute approximate surface area is 114 Å². The predicted octanol–water partition coefficient (Wildman–Crippen LogP) is 1.69. The van der Waals surface area contributed by atoms with Crippen LogP contribution in [0.5, 0.6) is 0 Å². The molecule has 7 nitrogen and oxygen atoms in total. The summed E-state index contributed by atoms with van der Waals surface area (Å²) in [5, 5.41) is 20.9. The highest BCUT2D eigenvalue weighted by molar-refractivity contribution is 7.13. The van der Waals surface area contributed by atoms with Crippen LogP contribution in [-0.4, -0.2) is 36.3 Å². The van der Waals surface area contributed by atoms with Gasteiger partial charge in [0.05, 0.1) is 22.3 Å². The quantitative estimate of drug-likeness (QED) is 0.866. The van der Waals surface area contributed by atoms with Crippen molar-refractivity contribution in [2.45, 2.75) is 33.2 Å². The second-order valence-corrected chi connectivity index (χ2v) is 5.20. The Morgan fingerprint density at radius 3 is 2.74 bits per heavy atom. The number of hydrogen-bond acceptors (Lipinski definition) is 6.